The highest BCUT2D eigenvalue weighted by molar-refractivity contribution is 8.76. The van der Waals surface area contributed by atoms with Crippen molar-refractivity contribution >= 4 is 33.8 Å². The Hall–Kier alpha value is -0.760. The van der Waals surface area contributed by atoms with E-state index in [1.54, 1.807) is 0 Å². The standard InChI is InChI=1S/C7H14N2O4S2/c1-9-7(11)13-3-5-15-14-4-2-12-6(8)10/h2-5H2,1H3,(H2,8,10)(H,9,11). The number of alkyl carbamates (subject to hydrolysis) is 1. The molecule has 8 heteroatoms. The minimum Gasteiger partial charge on any atom is -0.449 e. The van der Waals surface area contributed by atoms with Gasteiger partial charge in [-0.05, 0) is 0 Å². The molecule has 0 aromatic heterocycles. The van der Waals surface area contributed by atoms with E-state index in [1.165, 1.54) is 28.6 Å². The third-order valence-corrected chi connectivity index (χ3v) is 3.43. The maximum Gasteiger partial charge on any atom is 0.406 e. The van der Waals surface area contributed by atoms with Crippen LogP contribution in [0.4, 0.5) is 9.59 Å². The number of hydrogen-bond acceptors (Lipinski definition) is 6. The molecule has 88 valence electrons. The number of ether oxygens (including phenoxy) is 2. The van der Waals surface area contributed by atoms with Crippen LogP contribution >= 0.6 is 21.6 Å². The van der Waals surface area contributed by atoms with Crippen molar-refractivity contribution in [3.63, 3.8) is 0 Å². The molecule has 0 bridgehead atoms. The van der Waals surface area contributed by atoms with E-state index in [4.69, 9.17) is 10.5 Å². The Morgan fingerprint density at radius 3 is 2.20 bits per heavy atom. The highest BCUT2D eigenvalue weighted by atomic mass is 33.1. The minimum atomic E-state index is -0.761. The second kappa shape index (κ2) is 9.78. The summed E-state index contributed by atoms with van der Waals surface area (Å²) in [5, 5.41) is 2.34. The van der Waals surface area contributed by atoms with Crippen molar-refractivity contribution in [3.8, 4) is 0 Å². The molecule has 0 aromatic rings. The molecule has 6 nitrogen and oxygen atoms in total. The third-order valence-electron chi connectivity index (χ3n) is 1.10. The molecule has 0 aromatic carbocycles. The van der Waals surface area contributed by atoms with Gasteiger partial charge in [0.2, 0.25) is 0 Å². The molecule has 0 radical (unpaired) electrons. The molecule has 0 unspecified atom stereocenters. The number of hydrogen-bond donors (Lipinski definition) is 2. The van der Waals surface area contributed by atoms with Crippen LogP contribution in [0.25, 0.3) is 0 Å². The van der Waals surface area contributed by atoms with Gasteiger partial charge in [0.15, 0.2) is 0 Å². The zero-order valence-electron chi connectivity index (χ0n) is 8.36. The summed E-state index contributed by atoms with van der Waals surface area (Å²) in [5.74, 6) is 1.35. The van der Waals surface area contributed by atoms with Crippen LogP contribution in [-0.2, 0) is 9.47 Å². The third kappa shape index (κ3) is 11.2. The van der Waals surface area contributed by atoms with Crippen LogP contribution in [0.2, 0.25) is 0 Å². The summed E-state index contributed by atoms with van der Waals surface area (Å²) in [6, 6.07) is 0. The highest BCUT2D eigenvalue weighted by Gasteiger charge is 1.98. The minimum absolute atomic E-state index is 0.295. The van der Waals surface area contributed by atoms with Crippen LogP contribution in [0.3, 0.4) is 0 Å². The highest BCUT2D eigenvalue weighted by Crippen LogP contribution is 2.20. The lowest BCUT2D eigenvalue weighted by Gasteiger charge is -2.03. The summed E-state index contributed by atoms with van der Waals surface area (Å²) >= 11 is 0. The van der Waals surface area contributed by atoms with Crippen molar-refractivity contribution in [1.82, 2.24) is 5.32 Å². The first kappa shape index (κ1) is 14.2. The van der Waals surface area contributed by atoms with E-state index in [9.17, 15) is 9.59 Å². The van der Waals surface area contributed by atoms with E-state index in [2.05, 4.69) is 10.1 Å². The molecule has 0 aliphatic carbocycles. The zero-order valence-corrected chi connectivity index (χ0v) is 9.99. The van der Waals surface area contributed by atoms with Crippen molar-refractivity contribution in [1.29, 1.82) is 0 Å². The number of amides is 2. The van der Waals surface area contributed by atoms with Crippen molar-refractivity contribution < 1.29 is 19.1 Å². The van der Waals surface area contributed by atoms with E-state index >= 15 is 0 Å². The SMILES string of the molecule is CNC(=O)OCCSSCCOC(N)=O. The van der Waals surface area contributed by atoms with Gasteiger partial charge in [-0.3, -0.25) is 0 Å². The molecule has 0 heterocycles. The van der Waals surface area contributed by atoms with Crippen LogP contribution in [0, 0.1) is 0 Å². The zero-order chi connectivity index (χ0) is 11.5. The van der Waals surface area contributed by atoms with Gasteiger partial charge < -0.3 is 20.5 Å². The van der Waals surface area contributed by atoms with Crippen molar-refractivity contribution in [2.45, 2.75) is 0 Å². The molecule has 0 saturated heterocycles. The summed E-state index contributed by atoms with van der Waals surface area (Å²) in [6.45, 7) is 0.650. The lowest BCUT2D eigenvalue weighted by atomic mass is 10.8. The fourth-order valence-corrected chi connectivity index (χ4v) is 2.19. The predicted molar refractivity (Wildman–Crippen MR) is 60.9 cm³/mol. The molecular weight excluding hydrogens is 240 g/mol. The van der Waals surface area contributed by atoms with E-state index in [0.29, 0.717) is 24.7 Å². The molecule has 0 aliphatic rings. The molecule has 0 spiro atoms. The molecule has 15 heavy (non-hydrogen) atoms. The van der Waals surface area contributed by atoms with Gasteiger partial charge in [-0.25, -0.2) is 9.59 Å². The number of nitrogens with two attached hydrogens (primary N) is 1. The maximum atomic E-state index is 10.6. The second-order valence-electron chi connectivity index (χ2n) is 2.20. The normalized spacial score (nSPS) is 9.40. The number of carbonyl (C=O) groups excluding carboxylic acids is 2. The van der Waals surface area contributed by atoms with Crippen LogP contribution in [0.5, 0.6) is 0 Å². The maximum absolute atomic E-state index is 10.6. The molecule has 0 aliphatic heterocycles. The number of rotatable bonds is 7. The van der Waals surface area contributed by atoms with Crippen LogP contribution in [0.15, 0.2) is 0 Å². The Bertz CT molecular complexity index is 203. The molecule has 0 fully saturated rings. The molecule has 0 saturated carbocycles. The van der Waals surface area contributed by atoms with Gasteiger partial charge >= 0.3 is 12.2 Å². The smallest absolute Gasteiger partial charge is 0.406 e. The topological polar surface area (TPSA) is 90.7 Å². The Morgan fingerprint density at radius 2 is 1.73 bits per heavy atom. The van der Waals surface area contributed by atoms with Gasteiger partial charge in [0, 0.05) is 18.6 Å². The number of nitrogens with one attached hydrogen (secondary N) is 1. The van der Waals surface area contributed by atoms with E-state index in [-0.39, 0.29) is 0 Å². The Morgan fingerprint density at radius 1 is 1.20 bits per heavy atom. The Kier molecular flexibility index (Phi) is 9.29. The second-order valence-corrected chi connectivity index (χ2v) is 4.90. The summed E-state index contributed by atoms with van der Waals surface area (Å²) < 4.78 is 9.26. The molecular formula is C7H14N2O4S2. The lowest BCUT2D eigenvalue weighted by Crippen LogP contribution is -2.20. The summed E-state index contributed by atoms with van der Waals surface area (Å²) in [4.78, 5) is 20.8. The van der Waals surface area contributed by atoms with Gasteiger partial charge in [-0.15, -0.1) is 0 Å². The first-order valence-corrected chi connectivity index (χ1v) is 6.66. The lowest BCUT2D eigenvalue weighted by molar-refractivity contribution is 0.155. The van der Waals surface area contributed by atoms with Crippen LogP contribution in [0.1, 0.15) is 0 Å². The quantitative estimate of drug-likeness (QED) is 0.516. The van der Waals surface area contributed by atoms with E-state index < -0.39 is 12.2 Å². The summed E-state index contributed by atoms with van der Waals surface area (Å²) in [5.41, 5.74) is 4.76. The van der Waals surface area contributed by atoms with Crippen LogP contribution < -0.4 is 11.1 Å². The summed E-state index contributed by atoms with van der Waals surface area (Å²) in [7, 11) is 4.57. The van der Waals surface area contributed by atoms with E-state index in [1.807, 2.05) is 0 Å². The average Bonchev–Trinajstić information content (AvgIpc) is 2.21. The van der Waals surface area contributed by atoms with Gasteiger partial charge in [0.1, 0.15) is 13.2 Å². The number of primary amides is 1. The molecule has 0 rings (SSSR count). The van der Waals surface area contributed by atoms with Crippen molar-refractivity contribution in [2.24, 2.45) is 5.73 Å². The first-order valence-electron chi connectivity index (χ1n) is 4.18. The summed E-state index contributed by atoms with van der Waals surface area (Å²) in [6.07, 6.45) is -1.19. The Labute approximate surface area is 96.0 Å². The average molecular weight is 254 g/mol. The van der Waals surface area contributed by atoms with Gasteiger partial charge in [-0.1, -0.05) is 21.6 Å². The largest absolute Gasteiger partial charge is 0.449 e. The molecule has 2 amide bonds. The molecule has 0 atom stereocenters. The fraction of sp³-hybridized carbons (Fsp3) is 0.714. The van der Waals surface area contributed by atoms with Crippen LogP contribution in [-0.4, -0.2) is 44.0 Å². The van der Waals surface area contributed by atoms with E-state index in [0.717, 1.165) is 0 Å². The Balaban J connectivity index is 3.05. The van der Waals surface area contributed by atoms with Crippen molar-refractivity contribution in [3.05, 3.63) is 0 Å². The van der Waals surface area contributed by atoms with Gasteiger partial charge in [0.05, 0.1) is 0 Å². The number of carbonyl (C=O) groups is 2. The first-order chi connectivity index (χ1) is 7.16. The van der Waals surface area contributed by atoms with Gasteiger partial charge in [-0.2, -0.15) is 0 Å². The predicted octanol–water partition coefficient (Wildman–Crippen LogP) is 0.819. The fourth-order valence-electron chi connectivity index (χ4n) is 0.535. The van der Waals surface area contributed by atoms with Gasteiger partial charge in [0.25, 0.3) is 0 Å². The van der Waals surface area contributed by atoms with Crippen molar-refractivity contribution in [2.75, 3.05) is 31.8 Å². The molecule has 3 N–H and O–H groups in total. The monoisotopic (exact) mass is 254 g/mol.